The van der Waals surface area contributed by atoms with Crippen molar-refractivity contribution in [2.45, 2.75) is 19.6 Å². The van der Waals surface area contributed by atoms with Crippen molar-refractivity contribution in [2.75, 3.05) is 23.9 Å². The van der Waals surface area contributed by atoms with Gasteiger partial charge < -0.3 is 15.0 Å². The molecule has 0 fully saturated rings. The van der Waals surface area contributed by atoms with E-state index >= 15 is 0 Å². The molecule has 3 aromatic carbocycles. The number of amides is 1. The highest BCUT2D eigenvalue weighted by atomic mass is 16.5. The van der Waals surface area contributed by atoms with Crippen molar-refractivity contribution in [3.63, 3.8) is 0 Å². The third-order valence-electron chi connectivity index (χ3n) is 5.13. The van der Waals surface area contributed by atoms with E-state index < -0.39 is 0 Å². The van der Waals surface area contributed by atoms with Gasteiger partial charge in [-0.2, -0.15) is 0 Å². The molecule has 1 amide bonds. The van der Waals surface area contributed by atoms with Crippen LogP contribution in [0.15, 0.2) is 72.8 Å². The molecule has 0 bridgehead atoms. The molecular formula is C24H24N2O2. The number of methoxy groups -OCH3 is 1. The van der Waals surface area contributed by atoms with Crippen molar-refractivity contribution in [3.05, 3.63) is 95.1 Å². The molecule has 0 saturated heterocycles. The lowest BCUT2D eigenvalue weighted by Gasteiger charge is -2.19. The van der Waals surface area contributed by atoms with Crippen molar-refractivity contribution in [1.82, 2.24) is 0 Å². The Kier molecular flexibility index (Phi) is 5.40. The topological polar surface area (TPSA) is 41.6 Å². The van der Waals surface area contributed by atoms with Crippen LogP contribution in [0, 0.1) is 0 Å². The minimum absolute atomic E-state index is 0.117. The lowest BCUT2D eigenvalue weighted by atomic mass is 10.1. The summed E-state index contributed by atoms with van der Waals surface area (Å²) in [5, 5.41) is 2.99. The Morgan fingerprint density at radius 1 is 1.00 bits per heavy atom. The lowest BCUT2D eigenvalue weighted by Crippen LogP contribution is -2.19. The van der Waals surface area contributed by atoms with E-state index in [1.165, 1.54) is 16.8 Å². The molecule has 4 nitrogen and oxygen atoms in total. The highest BCUT2D eigenvalue weighted by molar-refractivity contribution is 6.05. The van der Waals surface area contributed by atoms with E-state index in [2.05, 4.69) is 46.6 Å². The Hall–Kier alpha value is -3.11. The van der Waals surface area contributed by atoms with E-state index in [4.69, 9.17) is 4.74 Å². The van der Waals surface area contributed by atoms with E-state index in [-0.39, 0.29) is 5.91 Å². The zero-order valence-electron chi connectivity index (χ0n) is 16.0. The number of fused-ring (bicyclic) bond motifs is 1. The molecule has 0 saturated carbocycles. The Balaban J connectivity index is 1.42. The van der Waals surface area contributed by atoms with E-state index in [1.807, 2.05) is 36.4 Å². The Morgan fingerprint density at radius 2 is 1.75 bits per heavy atom. The van der Waals surface area contributed by atoms with Crippen LogP contribution in [0.1, 0.15) is 27.0 Å². The molecule has 3 aromatic rings. The van der Waals surface area contributed by atoms with Gasteiger partial charge in [0, 0.05) is 37.1 Å². The van der Waals surface area contributed by atoms with Crippen molar-refractivity contribution in [2.24, 2.45) is 0 Å². The molecule has 0 aromatic heterocycles. The quantitative estimate of drug-likeness (QED) is 0.685. The molecule has 0 radical (unpaired) electrons. The standard InChI is InChI=1S/C24H24N2O2/c1-28-17-20-7-2-4-8-22(20)24(27)25-21-12-10-18(11-13-21)16-26-15-14-19-6-3-5-9-23(19)26/h2-13H,14-17H2,1H3,(H,25,27). The lowest BCUT2D eigenvalue weighted by molar-refractivity contribution is 0.102. The second-order valence-corrected chi connectivity index (χ2v) is 7.04. The van der Waals surface area contributed by atoms with Gasteiger partial charge in [-0.05, 0) is 47.4 Å². The summed E-state index contributed by atoms with van der Waals surface area (Å²) in [6.45, 7) is 2.34. The zero-order valence-corrected chi connectivity index (χ0v) is 16.0. The fourth-order valence-corrected chi connectivity index (χ4v) is 3.71. The number of hydrogen-bond donors (Lipinski definition) is 1. The number of anilines is 2. The predicted octanol–water partition coefficient (Wildman–Crippen LogP) is 4.65. The second-order valence-electron chi connectivity index (χ2n) is 7.04. The molecular weight excluding hydrogens is 348 g/mol. The number of rotatable bonds is 6. The van der Waals surface area contributed by atoms with Gasteiger partial charge >= 0.3 is 0 Å². The molecule has 1 heterocycles. The first-order valence-electron chi connectivity index (χ1n) is 9.54. The largest absolute Gasteiger partial charge is 0.380 e. The third kappa shape index (κ3) is 3.92. The molecule has 0 unspecified atom stereocenters. The normalized spacial score (nSPS) is 12.7. The SMILES string of the molecule is COCc1ccccc1C(=O)Nc1ccc(CN2CCc3ccccc32)cc1. The Bertz CT molecular complexity index is 966. The van der Waals surface area contributed by atoms with Gasteiger partial charge in [-0.25, -0.2) is 0 Å². The van der Waals surface area contributed by atoms with Crippen LogP contribution in [0.25, 0.3) is 0 Å². The summed E-state index contributed by atoms with van der Waals surface area (Å²) in [6, 6.07) is 24.2. The van der Waals surface area contributed by atoms with Gasteiger partial charge in [0.05, 0.1) is 6.61 Å². The average molecular weight is 372 g/mol. The van der Waals surface area contributed by atoms with Crippen LogP contribution in [0.5, 0.6) is 0 Å². The molecule has 1 N–H and O–H groups in total. The smallest absolute Gasteiger partial charge is 0.256 e. The van der Waals surface area contributed by atoms with Gasteiger partial charge in [0.2, 0.25) is 0 Å². The van der Waals surface area contributed by atoms with E-state index in [0.29, 0.717) is 12.2 Å². The summed E-state index contributed by atoms with van der Waals surface area (Å²) in [5.74, 6) is -0.117. The number of hydrogen-bond acceptors (Lipinski definition) is 3. The number of para-hydroxylation sites is 1. The number of nitrogens with zero attached hydrogens (tertiary/aromatic N) is 1. The monoisotopic (exact) mass is 372 g/mol. The summed E-state index contributed by atoms with van der Waals surface area (Å²) in [5.41, 5.74) is 6.29. The van der Waals surface area contributed by atoms with Gasteiger partial charge in [0.25, 0.3) is 5.91 Å². The van der Waals surface area contributed by atoms with Crippen LogP contribution >= 0.6 is 0 Å². The summed E-state index contributed by atoms with van der Waals surface area (Å²) in [7, 11) is 1.63. The maximum Gasteiger partial charge on any atom is 0.256 e. The second kappa shape index (κ2) is 8.28. The summed E-state index contributed by atoms with van der Waals surface area (Å²) in [6.07, 6.45) is 1.10. The summed E-state index contributed by atoms with van der Waals surface area (Å²) >= 11 is 0. The summed E-state index contributed by atoms with van der Waals surface area (Å²) in [4.78, 5) is 15.0. The first-order valence-corrected chi connectivity index (χ1v) is 9.54. The van der Waals surface area contributed by atoms with Crippen LogP contribution in [-0.2, 0) is 24.3 Å². The molecule has 142 valence electrons. The van der Waals surface area contributed by atoms with Crippen molar-refractivity contribution >= 4 is 17.3 Å². The van der Waals surface area contributed by atoms with Gasteiger partial charge in [-0.3, -0.25) is 4.79 Å². The first-order chi connectivity index (χ1) is 13.7. The fourth-order valence-electron chi connectivity index (χ4n) is 3.71. The van der Waals surface area contributed by atoms with Crippen LogP contribution < -0.4 is 10.2 Å². The molecule has 28 heavy (non-hydrogen) atoms. The number of carbonyl (C=O) groups is 1. The van der Waals surface area contributed by atoms with Crippen molar-refractivity contribution < 1.29 is 9.53 Å². The number of nitrogens with one attached hydrogen (secondary N) is 1. The van der Waals surface area contributed by atoms with Crippen molar-refractivity contribution in [1.29, 1.82) is 0 Å². The van der Waals surface area contributed by atoms with Crippen LogP contribution in [0.2, 0.25) is 0 Å². The maximum absolute atomic E-state index is 12.6. The third-order valence-corrected chi connectivity index (χ3v) is 5.13. The van der Waals surface area contributed by atoms with Gasteiger partial charge in [0.15, 0.2) is 0 Å². The minimum atomic E-state index is -0.117. The average Bonchev–Trinajstić information content (AvgIpc) is 3.13. The molecule has 0 aliphatic carbocycles. The van der Waals surface area contributed by atoms with Gasteiger partial charge in [0.1, 0.15) is 0 Å². The molecule has 4 heteroatoms. The highest BCUT2D eigenvalue weighted by Gasteiger charge is 2.18. The number of carbonyl (C=O) groups excluding carboxylic acids is 1. The fraction of sp³-hybridized carbons (Fsp3) is 0.208. The number of ether oxygens (including phenoxy) is 1. The molecule has 1 aliphatic heterocycles. The minimum Gasteiger partial charge on any atom is -0.380 e. The van der Waals surface area contributed by atoms with E-state index in [9.17, 15) is 4.79 Å². The van der Waals surface area contributed by atoms with Crippen LogP contribution in [0.4, 0.5) is 11.4 Å². The molecule has 4 rings (SSSR count). The predicted molar refractivity (Wildman–Crippen MR) is 113 cm³/mol. The highest BCUT2D eigenvalue weighted by Crippen LogP contribution is 2.29. The van der Waals surface area contributed by atoms with Crippen LogP contribution in [0.3, 0.4) is 0 Å². The van der Waals surface area contributed by atoms with E-state index in [1.54, 1.807) is 7.11 Å². The first kappa shape index (κ1) is 18.3. The van der Waals surface area contributed by atoms with Gasteiger partial charge in [-0.1, -0.05) is 48.5 Å². The summed E-state index contributed by atoms with van der Waals surface area (Å²) < 4.78 is 5.19. The van der Waals surface area contributed by atoms with Crippen LogP contribution in [-0.4, -0.2) is 19.6 Å². The molecule has 1 aliphatic rings. The van der Waals surface area contributed by atoms with E-state index in [0.717, 1.165) is 30.8 Å². The zero-order chi connectivity index (χ0) is 19.3. The Morgan fingerprint density at radius 3 is 2.57 bits per heavy atom. The van der Waals surface area contributed by atoms with Crippen molar-refractivity contribution in [3.8, 4) is 0 Å². The Labute approximate surface area is 165 Å². The maximum atomic E-state index is 12.6. The van der Waals surface area contributed by atoms with Gasteiger partial charge in [-0.15, -0.1) is 0 Å². The number of benzene rings is 3. The molecule has 0 atom stereocenters. The molecule has 0 spiro atoms.